The van der Waals surface area contributed by atoms with Gasteiger partial charge in [-0.3, -0.25) is 0 Å². The molecule has 1 aliphatic rings. The molecule has 2 aromatic carbocycles. The molecule has 1 saturated carbocycles. The summed E-state index contributed by atoms with van der Waals surface area (Å²) in [7, 11) is 0. The van der Waals surface area contributed by atoms with Gasteiger partial charge < -0.3 is 25.6 Å². The van der Waals surface area contributed by atoms with Gasteiger partial charge in [-0.25, -0.2) is 9.59 Å². The molecule has 0 heterocycles. The van der Waals surface area contributed by atoms with Crippen LogP contribution in [-0.2, 0) is 11.2 Å². The van der Waals surface area contributed by atoms with E-state index in [1.807, 2.05) is 51.1 Å². The van der Waals surface area contributed by atoms with Gasteiger partial charge in [0, 0.05) is 18.2 Å². The van der Waals surface area contributed by atoms with Gasteiger partial charge in [0.25, 0.3) is 0 Å². The number of alkyl carbamates (subject to hydrolysis) is 1. The van der Waals surface area contributed by atoms with Crippen molar-refractivity contribution >= 4 is 12.2 Å². The SMILES string of the molecule is CC(C)(C)OC(=O)NC1CCC(c2ccccc2-c2ccc(CCCCO)cc2OC(N)=O)CC1. The van der Waals surface area contributed by atoms with Crippen molar-refractivity contribution in [3.05, 3.63) is 53.6 Å². The number of primary amides is 1. The van der Waals surface area contributed by atoms with E-state index in [9.17, 15) is 9.59 Å². The van der Waals surface area contributed by atoms with E-state index < -0.39 is 11.7 Å². The van der Waals surface area contributed by atoms with E-state index in [0.717, 1.165) is 61.6 Å². The van der Waals surface area contributed by atoms with Gasteiger partial charge in [-0.2, -0.15) is 0 Å². The highest BCUT2D eigenvalue weighted by Crippen LogP contribution is 2.41. The van der Waals surface area contributed by atoms with Crippen molar-refractivity contribution in [1.82, 2.24) is 5.32 Å². The van der Waals surface area contributed by atoms with E-state index in [-0.39, 0.29) is 18.7 Å². The number of ether oxygens (including phenoxy) is 2. The molecule has 2 aromatic rings. The second-order valence-corrected chi connectivity index (χ2v) is 10.2. The molecule has 7 nitrogen and oxygen atoms in total. The molecule has 3 rings (SSSR count). The summed E-state index contributed by atoms with van der Waals surface area (Å²) in [6.45, 7) is 5.74. The van der Waals surface area contributed by atoms with Crippen molar-refractivity contribution < 1.29 is 24.2 Å². The fraction of sp³-hybridized carbons (Fsp3) is 0.500. The molecular weight excluding hydrogens is 444 g/mol. The summed E-state index contributed by atoms with van der Waals surface area (Å²) in [6.07, 6.45) is 4.75. The van der Waals surface area contributed by atoms with Gasteiger partial charge in [-0.1, -0.05) is 36.4 Å². The topological polar surface area (TPSA) is 111 Å². The number of aryl methyl sites for hydroxylation is 1. The van der Waals surface area contributed by atoms with Crippen molar-refractivity contribution in [1.29, 1.82) is 0 Å². The van der Waals surface area contributed by atoms with Gasteiger partial charge in [0.1, 0.15) is 11.4 Å². The smallest absolute Gasteiger partial charge is 0.409 e. The zero-order valence-electron chi connectivity index (χ0n) is 21.0. The first-order chi connectivity index (χ1) is 16.7. The van der Waals surface area contributed by atoms with Crippen LogP contribution >= 0.6 is 0 Å². The summed E-state index contributed by atoms with van der Waals surface area (Å²) >= 11 is 0. The zero-order valence-corrected chi connectivity index (χ0v) is 21.0. The molecule has 35 heavy (non-hydrogen) atoms. The van der Waals surface area contributed by atoms with Crippen LogP contribution in [0.4, 0.5) is 9.59 Å². The number of aliphatic hydroxyl groups excluding tert-OH is 1. The highest BCUT2D eigenvalue weighted by molar-refractivity contribution is 5.78. The summed E-state index contributed by atoms with van der Waals surface area (Å²) in [5, 5.41) is 12.1. The molecule has 0 atom stereocenters. The van der Waals surface area contributed by atoms with Crippen LogP contribution in [0, 0.1) is 0 Å². The Bertz CT molecular complexity index is 1010. The van der Waals surface area contributed by atoms with Crippen molar-refractivity contribution in [2.75, 3.05) is 6.61 Å². The minimum Gasteiger partial charge on any atom is -0.444 e. The normalized spacial score (nSPS) is 18.1. The molecule has 0 bridgehead atoms. The maximum Gasteiger partial charge on any atom is 0.409 e. The Hall–Kier alpha value is -3.06. The monoisotopic (exact) mass is 482 g/mol. The van der Waals surface area contributed by atoms with Crippen LogP contribution in [0.5, 0.6) is 5.75 Å². The van der Waals surface area contributed by atoms with E-state index in [1.54, 1.807) is 0 Å². The standard InChI is InChI=1S/C28H38N2O5/c1-28(2,3)35-27(33)30-21-14-12-20(13-15-21)22-9-4-5-10-23(22)24-16-11-19(8-6-7-17-31)18-25(24)34-26(29)32/h4-5,9-11,16,18,20-21,31H,6-8,12-15,17H2,1-3H3,(H2,29,32)(H,30,33). The average molecular weight is 483 g/mol. The number of nitrogens with one attached hydrogen (secondary N) is 1. The molecule has 0 radical (unpaired) electrons. The Balaban J connectivity index is 1.77. The number of carbonyl (C=O) groups excluding carboxylic acids is 2. The van der Waals surface area contributed by atoms with Crippen LogP contribution in [0.25, 0.3) is 11.1 Å². The number of aliphatic hydroxyl groups is 1. The van der Waals surface area contributed by atoms with Gasteiger partial charge in [0.15, 0.2) is 0 Å². The number of benzene rings is 2. The Kier molecular flexibility index (Phi) is 9.15. The van der Waals surface area contributed by atoms with E-state index in [0.29, 0.717) is 11.7 Å². The molecule has 0 aromatic heterocycles. The van der Waals surface area contributed by atoms with Crippen LogP contribution < -0.4 is 15.8 Å². The predicted octanol–water partition coefficient (Wildman–Crippen LogP) is 5.68. The first kappa shape index (κ1) is 26.5. The molecule has 1 aliphatic carbocycles. The third-order valence-electron chi connectivity index (χ3n) is 6.27. The summed E-state index contributed by atoms with van der Waals surface area (Å²) in [5.74, 6) is 0.778. The van der Waals surface area contributed by atoms with Gasteiger partial charge in [0.2, 0.25) is 0 Å². The molecule has 190 valence electrons. The minimum atomic E-state index is -0.843. The number of carbonyl (C=O) groups is 2. The van der Waals surface area contributed by atoms with Gasteiger partial charge in [-0.05, 0) is 94.4 Å². The lowest BCUT2D eigenvalue weighted by atomic mass is 9.79. The molecule has 0 spiro atoms. The summed E-state index contributed by atoms with van der Waals surface area (Å²) in [5.41, 5.74) is 8.95. The Morgan fingerprint density at radius 3 is 2.40 bits per heavy atom. The summed E-state index contributed by atoms with van der Waals surface area (Å²) in [4.78, 5) is 23.8. The molecule has 1 fully saturated rings. The molecule has 0 unspecified atom stereocenters. The maximum absolute atomic E-state index is 12.2. The van der Waals surface area contributed by atoms with Crippen molar-refractivity contribution in [2.24, 2.45) is 5.73 Å². The highest BCUT2D eigenvalue weighted by Gasteiger charge is 2.27. The molecule has 0 saturated heterocycles. The van der Waals surface area contributed by atoms with Crippen molar-refractivity contribution in [3.63, 3.8) is 0 Å². The second-order valence-electron chi connectivity index (χ2n) is 10.2. The maximum atomic E-state index is 12.2. The largest absolute Gasteiger partial charge is 0.444 e. The van der Waals surface area contributed by atoms with Crippen LogP contribution in [0.3, 0.4) is 0 Å². The van der Waals surface area contributed by atoms with Crippen LogP contribution in [0.15, 0.2) is 42.5 Å². The van der Waals surface area contributed by atoms with E-state index in [2.05, 4.69) is 17.4 Å². The lowest BCUT2D eigenvalue weighted by Crippen LogP contribution is -2.40. The number of nitrogens with two attached hydrogens (primary N) is 1. The molecule has 0 aliphatic heterocycles. The molecule has 7 heteroatoms. The van der Waals surface area contributed by atoms with E-state index in [1.165, 1.54) is 5.56 Å². The van der Waals surface area contributed by atoms with Gasteiger partial charge in [0.05, 0.1) is 0 Å². The lowest BCUT2D eigenvalue weighted by molar-refractivity contribution is 0.0491. The molecule has 4 N–H and O–H groups in total. The van der Waals surface area contributed by atoms with Crippen LogP contribution in [-0.4, -0.2) is 35.5 Å². The summed E-state index contributed by atoms with van der Waals surface area (Å²) < 4.78 is 10.8. The van der Waals surface area contributed by atoms with Gasteiger partial charge >= 0.3 is 12.2 Å². The Morgan fingerprint density at radius 1 is 1.03 bits per heavy atom. The number of hydrogen-bond acceptors (Lipinski definition) is 5. The lowest BCUT2D eigenvalue weighted by Gasteiger charge is -2.31. The second kappa shape index (κ2) is 12.1. The third-order valence-corrected chi connectivity index (χ3v) is 6.27. The van der Waals surface area contributed by atoms with Crippen molar-refractivity contribution in [2.45, 2.75) is 83.3 Å². The fourth-order valence-electron chi connectivity index (χ4n) is 4.70. The number of rotatable bonds is 8. The van der Waals surface area contributed by atoms with Crippen LogP contribution in [0.2, 0.25) is 0 Å². The first-order valence-electron chi connectivity index (χ1n) is 12.5. The summed E-state index contributed by atoms with van der Waals surface area (Å²) in [6, 6.07) is 14.2. The fourth-order valence-corrected chi connectivity index (χ4v) is 4.70. The molecule has 2 amide bonds. The Labute approximate surface area is 208 Å². The number of hydrogen-bond donors (Lipinski definition) is 3. The number of amides is 2. The van der Waals surface area contributed by atoms with Crippen LogP contribution in [0.1, 0.15) is 76.3 Å². The van der Waals surface area contributed by atoms with Crippen molar-refractivity contribution in [3.8, 4) is 16.9 Å². The molecular formula is C28H38N2O5. The van der Waals surface area contributed by atoms with E-state index in [4.69, 9.17) is 20.3 Å². The van der Waals surface area contributed by atoms with E-state index >= 15 is 0 Å². The predicted molar refractivity (Wildman–Crippen MR) is 136 cm³/mol. The third kappa shape index (κ3) is 7.99. The first-order valence-corrected chi connectivity index (χ1v) is 12.5. The Morgan fingerprint density at radius 2 is 1.74 bits per heavy atom. The quantitative estimate of drug-likeness (QED) is 0.419. The zero-order chi connectivity index (χ0) is 25.4. The highest BCUT2D eigenvalue weighted by atomic mass is 16.6. The number of unbranched alkanes of at least 4 members (excludes halogenated alkanes) is 1. The average Bonchev–Trinajstić information content (AvgIpc) is 2.78. The van der Waals surface area contributed by atoms with Gasteiger partial charge in [-0.15, -0.1) is 0 Å². The minimum absolute atomic E-state index is 0.0974.